The first-order valence-corrected chi connectivity index (χ1v) is 13.0. The van der Waals surface area contributed by atoms with Crippen LogP contribution in [0.1, 0.15) is 46.8 Å². The summed E-state index contributed by atoms with van der Waals surface area (Å²) in [5, 5.41) is 2.86. The van der Waals surface area contributed by atoms with E-state index in [1.54, 1.807) is 18.3 Å². The van der Waals surface area contributed by atoms with Crippen LogP contribution in [-0.4, -0.2) is 40.3 Å². The van der Waals surface area contributed by atoms with Crippen molar-refractivity contribution in [1.82, 2.24) is 14.9 Å². The van der Waals surface area contributed by atoms with Gasteiger partial charge < -0.3 is 15.2 Å². The highest BCUT2D eigenvalue weighted by atomic mass is 19.1. The van der Waals surface area contributed by atoms with E-state index in [1.165, 1.54) is 25.0 Å². The zero-order chi connectivity index (χ0) is 26.2. The number of rotatable bonds is 7. The van der Waals surface area contributed by atoms with Crippen LogP contribution in [0.25, 0.3) is 22.4 Å². The summed E-state index contributed by atoms with van der Waals surface area (Å²) >= 11 is 0. The van der Waals surface area contributed by atoms with Gasteiger partial charge in [-0.25, -0.2) is 9.37 Å². The first kappa shape index (κ1) is 24.1. The number of likely N-dealkylation sites (N-methyl/N-ethyl adjacent to an activating group) is 1. The van der Waals surface area contributed by atoms with E-state index in [0.717, 1.165) is 46.0 Å². The molecule has 0 saturated heterocycles. The van der Waals surface area contributed by atoms with E-state index in [-0.39, 0.29) is 30.0 Å². The number of nitrogens with zero attached hydrogens (tertiary/aromatic N) is 2. The summed E-state index contributed by atoms with van der Waals surface area (Å²) in [5.41, 5.74) is 6.00. The van der Waals surface area contributed by atoms with E-state index >= 15 is 0 Å². The Morgan fingerprint density at radius 2 is 1.82 bits per heavy atom. The van der Waals surface area contributed by atoms with Crippen molar-refractivity contribution in [2.45, 2.75) is 31.6 Å². The zero-order valence-electron chi connectivity index (χ0n) is 21.2. The van der Waals surface area contributed by atoms with E-state index in [1.807, 2.05) is 54.4 Å². The van der Waals surface area contributed by atoms with Crippen LogP contribution < -0.4 is 5.32 Å². The minimum absolute atomic E-state index is 0.0234. The van der Waals surface area contributed by atoms with Gasteiger partial charge in [-0.05, 0) is 47.7 Å². The lowest BCUT2D eigenvalue weighted by molar-refractivity contribution is -0.115. The van der Waals surface area contributed by atoms with Crippen LogP contribution in [0.3, 0.4) is 0 Å². The Hall–Kier alpha value is -4.26. The number of aromatic nitrogens is 2. The van der Waals surface area contributed by atoms with Gasteiger partial charge >= 0.3 is 0 Å². The number of carbonyl (C=O) groups excluding carboxylic acids is 2. The fourth-order valence-corrected chi connectivity index (χ4v) is 5.43. The Bertz CT molecular complexity index is 1490. The van der Waals surface area contributed by atoms with Gasteiger partial charge in [0.1, 0.15) is 11.6 Å². The molecule has 2 aromatic heterocycles. The standard InChI is InChI=1S/C31H29FN4O2/c1-36-18-23(15-19-7-8-19)30-28(31(36)38)27(21-5-3-2-4-6-21)29(35-30)22-13-14-33-25(17-22)34-26(37)16-20-9-11-24(32)12-10-20/h2-6,9-14,17,19,23,35H,7-8,15-16,18H2,1H3,(H,33,34,37). The third-order valence-electron chi connectivity index (χ3n) is 7.46. The number of anilines is 1. The zero-order valence-corrected chi connectivity index (χ0v) is 21.2. The highest BCUT2D eigenvalue weighted by Crippen LogP contribution is 2.46. The average Bonchev–Trinajstić information content (AvgIpc) is 3.64. The third-order valence-corrected chi connectivity index (χ3v) is 7.46. The van der Waals surface area contributed by atoms with Crippen molar-refractivity contribution in [1.29, 1.82) is 0 Å². The molecule has 0 bridgehead atoms. The molecule has 38 heavy (non-hydrogen) atoms. The predicted octanol–water partition coefficient (Wildman–Crippen LogP) is 6.03. The average molecular weight is 509 g/mol. The van der Waals surface area contributed by atoms with E-state index < -0.39 is 0 Å². The van der Waals surface area contributed by atoms with Crippen molar-refractivity contribution in [3.05, 3.63) is 95.6 Å². The first-order valence-electron chi connectivity index (χ1n) is 13.0. The Labute approximate surface area is 220 Å². The Morgan fingerprint density at radius 3 is 2.55 bits per heavy atom. The maximum absolute atomic E-state index is 13.5. The lowest BCUT2D eigenvalue weighted by atomic mass is 9.88. The highest BCUT2D eigenvalue weighted by Gasteiger charge is 2.38. The number of nitrogens with one attached hydrogen (secondary N) is 2. The molecule has 6 rings (SSSR count). The van der Waals surface area contributed by atoms with E-state index in [4.69, 9.17) is 0 Å². The molecule has 2 amide bonds. The number of aromatic amines is 1. The Balaban J connectivity index is 1.38. The summed E-state index contributed by atoms with van der Waals surface area (Å²) in [4.78, 5) is 36.1. The molecule has 1 saturated carbocycles. The lowest BCUT2D eigenvalue weighted by Crippen LogP contribution is -2.37. The molecular weight excluding hydrogens is 479 g/mol. The predicted molar refractivity (Wildman–Crippen MR) is 145 cm³/mol. The van der Waals surface area contributed by atoms with Crippen LogP contribution in [0.15, 0.2) is 72.9 Å². The van der Waals surface area contributed by atoms with Gasteiger partial charge in [0.15, 0.2) is 0 Å². The summed E-state index contributed by atoms with van der Waals surface area (Å²) in [6.07, 6.45) is 5.36. The summed E-state index contributed by atoms with van der Waals surface area (Å²) in [7, 11) is 1.88. The van der Waals surface area contributed by atoms with Crippen molar-refractivity contribution < 1.29 is 14.0 Å². The van der Waals surface area contributed by atoms with Crippen LogP contribution in [0.2, 0.25) is 0 Å². The van der Waals surface area contributed by atoms with Crippen molar-refractivity contribution in [2.24, 2.45) is 5.92 Å². The maximum Gasteiger partial charge on any atom is 0.256 e. The smallest absolute Gasteiger partial charge is 0.256 e. The third kappa shape index (κ3) is 4.84. The van der Waals surface area contributed by atoms with Gasteiger partial charge in [0, 0.05) is 42.5 Å². The molecule has 0 radical (unpaired) electrons. The number of halogens is 1. The molecular formula is C31H29FN4O2. The molecule has 3 heterocycles. The molecule has 1 aliphatic carbocycles. The molecule has 2 aromatic carbocycles. The molecule has 2 N–H and O–H groups in total. The van der Waals surface area contributed by atoms with Crippen LogP contribution in [0, 0.1) is 11.7 Å². The summed E-state index contributed by atoms with van der Waals surface area (Å²) in [6.45, 7) is 0.706. The normalized spacial score (nSPS) is 16.8. The molecule has 1 aliphatic heterocycles. The Morgan fingerprint density at radius 1 is 1.05 bits per heavy atom. The van der Waals surface area contributed by atoms with Crippen molar-refractivity contribution in [2.75, 3.05) is 18.9 Å². The van der Waals surface area contributed by atoms with Gasteiger partial charge in [0.25, 0.3) is 5.91 Å². The van der Waals surface area contributed by atoms with Gasteiger partial charge in [-0.1, -0.05) is 55.3 Å². The van der Waals surface area contributed by atoms with Gasteiger partial charge in [-0.2, -0.15) is 0 Å². The lowest BCUT2D eigenvalue weighted by Gasteiger charge is -2.30. The van der Waals surface area contributed by atoms with Crippen LogP contribution in [-0.2, 0) is 11.2 Å². The fraction of sp³-hybridized carbons (Fsp3) is 0.258. The van der Waals surface area contributed by atoms with Crippen LogP contribution >= 0.6 is 0 Å². The molecule has 4 aromatic rings. The van der Waals surface area contributed by atoms with Gasteiger partial charge in [-0.3, -0.25) is 9.59 Å². The van der Waals surface area contributed by atoms with Gasteiger partial charge in [0.05, 0.1) is 17.7 Å². The van der Waals surface area contributed by atoms with Gasteiger partial charge in [-0.15, -0.1) is 0 Å². The van der Waals surface area contributed by atoms with Gasteiger partial charge in [0.2, 0.25) is 5.91 Å². The molecule has 2 aliphatic rings. The SMILES string of the molecule is CN1CC(CC2CC2)c2[nH]c(-c3ccnc(NC(=O)Cc4ccc(F)cc4)c3)c(-c3ccccc3)c2C1=O. The highest BCUT2D eigenvalue weighted by molar-refractivity contribution is 6.07. The van der Waals surface area contributed by atoms with E-state index in [9.17, 15) is 14.0 Å². The monoisotopic (exact) mass is 508 g/mol. The summed E-state index contributed by atoms with van der Waals surface area (Å²) in [5.74, 6) is 0.847. The molecule has 1 fully saturated rings. The molecule has 1 atom stereocenters. The number of hydrogen-bond donors (Lipinski definition) is 2. The number of fused-ring (bicyclic) bond motifs is 1. The number of hydrogen-bond acceptors (Lipinski definition) is 3. The second-order valence-corrected chi connectivity index (χ2v) is 10.4. The second kappa shape index (κ2) is 9.89. The molecule has 192 valence electrons. The first-order chi connectivity index (χ1) is 18.5. The fourth-order valence-electron chi connectivity index (χ4n) is 5.43. The van der Waals surface area contributed by atoms with E-state index in [0.29, 0.717) is 17.9 Å². The van der Waals surface area contributed by atoms with Crippen LogP contribution in [0.5, 0.6) is 0 Å². The largest absolute Gasteiger partial charge is 0.357 e. The van der Waals surface area contributed by atoms with Crippen molar-refractivity contribution in [3.8, 4) is 22.4 Å². The van der Waals surface area contributed by atoms with Crippen molar-refractivity contribution in [3.63, 3.8) is 0 Å². The van der Waals surface area contributed by atoms with E-state index in [2.05, 4.69) is 15.3 Å². The molecule has 7 heteroatoms. The van der Waals surface area contributed by atoms with Crippen LogP contribution in [0.4, 0.5) is 10.2 Å². The van der Waals surface area contributed by atoms with Crippen molar-refractivity contribution >= 4 is 17.6 Å². The second-order valence-electron chi connectivity index (χ2n) is 10.4. The molecule has 0 spiro atoms. The Kier molecular flexibility index (Phi) is 6.27. The maximum atomic E-state index is 13.5. The summed E-state index contributed by atoms with van der Waals surface area (Å²) < 4.78 is 13.2. The number of amides is 2. The molecule has 1 unspecified atom stereocenters. The minimum atomic E-state index is -0.338. The number of benzene rings is 2. The molecule has 6 nitrogen and oxygen atoms in total. The minimum Gasteiger partial charge on any atom is -0.357 e. The quantitative estimate of drug-likeness (QED) is 0.320. The number of carbonyl (C=O) groups is 2. The summed E-state index contributed by atoms with van der Waals surface area (Å²) in [6, 6.07) is 19.6. The number of pyridine rings is 1. The topological polar surface area (TPSA) is 78.1 Å². The number of H-pyrrole nitrogens is 1.